The van der Waals surface area contributed by atoms with Crippen molar-refractivity contribution in [2.24, 2.45) is 11.7 Å². The molecular formula is C17H20ClN5O. The second kappa shape index (κ2) is 7.49. The summed E-state index contributed by atoms with van der Waals surface area (Å²) in [5.41, 5.74) is 6.49. The van der Waals surface area contributed by atoms with Gasteiger partial charge in [-0.1, -0.05) is 17.7 Å². The van der Waals surface area contributed by atoms with Gasteiger partial charge in [0.15, 0.2) is 0 Å². The maximum Gasteiger partial charge on any atom is 0.220 e. The number of pyridine rings is 2. The Morgan fingerprint density at radius 2 is 2.08 bits per heavy atom. The minimum Gasteiger partial charge on any atom is -0.369 e. The van der Waals surface area contributed by atoms with E-state index in [9.17, 15) is 4.79 Å². The van der Waals surface area contributed by atoms with Crippen molar-refractivity contribution >= 4 is 29.1 Å². The number of hydrogen-bond donors (Lipinski definition) is 2. The Morgan fingerprint density at radius 3 is 2.75 bits per heavy atom. The molecule has 1 saturated heterocycles. The summed E-state index contributed by atoms with van der Waals surface area (Å²) in [5.74, 6) is 1.49. The molecule has 3 rings (SSSR count). The fraction of sp³-hybridized carbons (Fsp3) is 0.353. The SMILES string of the molecule is NC(=O)C1CCN(c2ncccc2CNc2ccc(Cl)cn2)CC1. The smallest absolute Gasteiger partial charge is 0.220 e. The van der Waals surface area contributed by atoms with Crippen LogP contribution in [0.1, 0.15) is 18.4 Å². The average molecular weight is 346 g/mol. The van der Waals surface area contributed by atoms with E-state index in [0.29, 0.717) is 11.6 Å². The summed E-state index contributed by atoms with van der Waals surface area (Å²) < 4.78 is 0. The molecule has 0 aliphatic carbocycles. The molecule has 3 N–H and O–H groups in total. The molecule has 0 bridgehead atoms. The van der Waals surface area contributed by atoms with Crippen molar-refractivity contribution in [3.05, 3.63) is 47.2 Å². The maximum atomic E-state index is 11.3. The van der Waals surface area contributed by atoms with E-state index in [1.165, 1.54) is 0 Å². The first kappa shape index (κ1) is 16.5. The summed E-state index contributed by atoms with van der Waals surface area (Å²) in [6.45, 7) is 2.20. The number of anilines is 2. The second-order valence-electron chi connectivity index (χ2n) is 5.87. The zero-order valence-electron chi connectivity index (χ0n) is 13.3. The molecule has 1 fully saturated rings. The Kier molecular flexibility index (Phi) is 5.15. The monoisotopic (exact) mass is 345 g/mol. The normalized spacial score (nSPS) is 15.3. The molecule has 1 aliphatic heterocycles. The minimum absolute atomic E-state index is 0.0233. The molecule has 0 unspecified atom stereocenters. The van der Waals surface area contributed by atoms with Crippen molar-refractivity contribution in [2.45, 2.75) is 19.4 Å². The number of nitrogens with one attached hydrogen (secondary N) is 1. The molecule has 0 radical (unpaired) electrons. The summed E-state index contributed by atoms with van der Waals surface area (Å²) in [6, 6.07) is 7.61. The standard InChI is InChI=1S/C17H20ClN5O/c18-14-3-4-15(22-11-14)21-10-13-2-1-7-20-17(13)23-8-5-12(6-9-23)16(19)24/h1-4,7,11-12H,5-6,8-10H2,(H2,19,24)(H,21,22). The van der Waals surface area contributed by atoms with E-state index in [2.05, 4.69) is 20.2 Å². The van der Waals surface area contributed by atoms with Crippen LogP contribution in [0.3, 0.4) is 0 Å². The lowest BCUT2D eigenvalue weighted by atomic mass is 9.96. The van der Waals surface area contributed by atoms with Gasteiger partial charge < -0.3 is 16.0 Å². The molecule has 0 atom stereocenters. The number of nitrogens with zero attached hydrogens (tertiary/aromatic N) is 3. The summed E-state index contributed by atoms with van der Waals surface area (Å²) in [5, 5.41) is 3.90. The van der Waals surface area contributed by atoms with Crippen molar-refractivity contribution < 1.29 is 4.79 Å². The van der Waals surface area contributed by atoms with Gasteiger partial charge in [-0.3, -0.25) is 4.79 Å². The molecule has 3 heterocycles. The quantitative estimate of drug-likeness (QED) is 0.869. The molecular weight excluding hydrogens is 326 g/mol. The van der Waals surface area contributed by atoms with Crippen LogP contribution >= 0.6 is 11.6 Å². The van der Waals surface area contributed by atoms with Crippen LogP contribution in [0.15, 0.2) is 36.7 Å². The van der Waals surface area contributed by atoms with E-state index in [1.807, 2.05) is 18.2 Å². The average Bonchev–Trinajstić information content (AvgIpc) is 2.61. The lowest BCUT2D eigenvalue weighted by Crippen LogP contribution is -2.39. The van der Waals surface area contributed by atoms with Crippen molar-refractivity contribution in [1.82, 2.24) is 9.97 Å². The molecule has 0 aromatic carbocycles. The molecule has 2 aromatic heterocycles. The Hall–Kier alpha value is -2.34. The Morgan fingerprint density at radius 1 is 1.29 bits per heavy atom. The van der Waals surface area contributed by atoms with Crippen molar-refractivity contribution in [3.8, 4) is 0 Å². The van der Waals surface area contributed by atoms with E-state index in [-0.39, 0.29) is 11.8 Å². The van der Waals surface area contributed by atoms with Gasteiger partial charge in [0, 0.05) is 43.5 Å². The van der Waals surface area contributed by atoms with Gasteiger partial charge in [0.1, 0.15) is 11.6 Å². The van der Waals surface area contributed by atoms with Gasteiger partial charge in [-0.25, -0.2) is 9.97 Å². The van der Waals surface area contributed by atoms with E-state index in [0.717, 1.165) is 43.1 Å². The van der Waals surface area contributed by atoms with E-state index >= 15 is 0 Å². The second-order valence-corrected chi connectivity index (χ2v) is 6.30. The van der Waals surface area contributed by atoms with Crippen LogP contribution in [0.5, 0.6) is 0 Å². The topological polar surface area (TPSA) is 84.1 Å². The molecule has 1 aliphatic rings. The van der Waals surface area contributed by atoms with Crippen molar-refractivity contribution in [1.29, 1.82) is 0 Å². The van der Waals surface area contributed by atoms with E-state index in [4.69, 9.17) is 17.3 Å². The number of carbonyl (C=O) groups is 1. The lowest BCUT2D eigenvalue weighted by molar-refractivity contribution is -0.122. The van der Waals surface area contributed by atoms with Gasteiger partial charge >= 0.3 is 0 Å². The molecule has 6 nitrogen and oxygen atoms in total. The number of primary amides is 1. The maximum absolute atomic E-state index is 11.3. The van der Waals surface area contributed by atoms with Crippen LogP contribution in [0.2, 0.25) is 5.02 Å². The van der Waals surface area contributed by atoms with Gasteiger partial charge in [0.2, 0.25) is 5.91 Å². The Balaban J connectivity index is 1.67. The zero-order chi connectivity index (χ0) is 16.9. The number of hydrogen-bond acceptors (Lipinski definition) is 5. The summed E-state index contributed by atoms with van der Waals surface area (Å²) in [6.07, 6.45) is 4.96. The number of carbonyl (C=O) groups excluding carboxylic acids is 1. The van der Waals surface area contributed by atoms with Crippen molar-refractivity contribution in [2.75, 3.05) is 23.3 Å². The molecule has 0 spiro atoms. The van der Waals surface area contributed by atoms with Crippen LogP contribution in [-0.4, -0.2) is 29.0 Å². The molecule has 7 heteroatoms. The summed E-state index contributed by atoms with van der Waals surface area (Å²) in [4.78, 5) is 22.3. The number of aromatic nitrogens is 2. The van der Waals surface area contributed by atoms with Gasteiger partial charge in [0.25, 0.3) is 0 Å². The fourth-order valence-corrected chi connectivity index (χ4v) is 3.01. The highest BCUT2D eigenvalue weighted by molar-refractivity contribution is 6.30. The third-order valence-electron chi connectivity index (χ3n) is 4.25. The van der Waals surface area contributed by atoms with Crippen LogP contribution in [-0.2, 0) is 11.3 Å². The highest BCUT2D eigenvalue weighted by Gasteiger charge is 2.24. The predicted molar refractivity (Wildman–Crippen MR) is 94.9 cm³/mol. The van der Waals surface area contributed by atoms with Gasteiger partial charge in [0.05, 0.1) is 5.02 Å². The molecule has 0 saturated carbocycles. The van der Waals surface area contributed by atoms with Gasteiger partial charge in [-0.2, -0.15) is 0 Å². The number of amides is 1. The van der Waals surface area contributed by atoms with Crippen LogP contribution in [0.25, 0.3) is 0 Å². The summed E-state index contributed by atoms with van der Waals surface area (Å²) >= 11 is 5.85. The van der Waals surface area contributed by atoms with E-state index in [1.54, 1.807) is 18.5 Å². The van der Waals surface area contributed by atoms with Crippen molar-refractivity contribution in [3.63, 3.8) is 0 Å². The zero-order valence-corrected chi connectivity index (χ0v) is 14.0. The number of rotatable bonds is 5. The molecule has 24 heavy (non-hydrogen) atoms. The lowest BCUT2D eigenvalue weighted by Gasteiger charge is -2.32. The number of piperidine rings is 1. The number of nitrogens with two attached hydrogens (primary N) is 1. The highest BCUT2D eigenvalue weighted by atomic mass is 35.5. The first-order valence-electron chi connectivity index (χ1n) is 7.97. The van der Waals surface area contributed by atoms with Crippen LogP contribution < -0.4 is 16.0 Å². The highest BCUT2D eigenvalue weighted by Crippen LogP contribution is 2.25. The number of halogens is 1. The first-order chi connectivity index (χ1) is 11.6. The van der Waals surface area contributed by atoms with Crippen LogP contribution in [0.4, 0.5) is 11.6 Å². The largest absolute Gasteiger partial charge is 0.369 e. The van der Waals surface area contributed by atoms with Gasteiger partial charge in [-0.15, -0.1) is 0 Å². The fourth-order valence-electron chi connectivity index (χ4n) is 2.89. The molecule has 126 valence electrons. The predicted octanol–water partition coefficient (Wildman–Crippen LogP) is 2.44. The van der Waals surface area contributed by atoms with E-state index < -0.39 is 0 Å². The molecule has 2 aromatic rings. The third kappa shape index (κ3) is 3.94. The van der Waals surface area contributed by atoms with Crippen LogP contribution in [0, 0.1) is 5.92 Å². The first-order valence-corrected chi connectivity index (χ1v) is 8.35. The minimum atomic E-state index is -0.202. The van der Waals surface area contributed by atoms with Gasteiger partial charge in [-0.05, 0) is 31.0 Å². The summed E-state index contributed by atoms with van der Waals surface area (Å²) in [7, 11) is 0. The third-order valence-corrected chi connectivity index (χ3v) is 4.48. The molecule has 1 amide bonds. The Bertz CT molecular complexity index is 698. The Labute approximate surface area is 146 Å².